The monoisotopic (exact) mass is 256 g/mol. The summed E-state index contributed by atoms with van der Waals surface area (Å²) in [6.45, 7) is 0.490. The third-order valence-corrected chi connectivity index (χ3v) is 3.50. The fourth-order valence-corrected chi connectivity index (χ4v) is 2.42. The molecule has 0 fully saturated rings. The molecule has 0 saturated carbocycles. The number of hydrogen-bond donors (Lipinski definition) is 1. The Morgan fingerprint density at radius 2 is 1.88 bits per heavy atom. The lowest BCUT2D eigenvalue weighted by Gasteiger charge is -2.03. The Hall–Kier alpha value is -1.20. The van der Waals surface area contributed by atoms with Gasteiger partial charge in [-0.05, 0) is 11.1 Å². The second-order valence-electron chi connectivity index (χ2n) is 3.67. The first-order chi connectivity index (χ1) is 8.11. The Balaban J connectivity index is 2.50. The van der Waals surface area contributed by atoms with Crippen LogP contribution in [0.1, 0.15) is 11.1 Å². The number of rotatable bonds is 7. The Labute approximate surface area is 103 Å². The number of ether oxygens (including phenoxy) is 1. The van der Waals surface area contributed by atoms with E-state index in [0.717, 1.165) is 11.1 Å². The molecule has 17 heavy (non-hydrogen) atoms. The van der Waals surface area contributed by atoms with Gasteiger partial charge in [0.05, 0.1) is 13.0 Å². The van der Waals surface area contributed by atoms with Crippen LogP contribution in [0.4, 0.5) is 0 Å². The van der Waals surface area contributed by atoms with Gasteiger partial charge in [0.1, 0.15) is 0 Å². The van der Waals surface area contributed by atoms with E-state index in [1.807, 2.05) is 12.1 Å². The van der Waals surface area contributed by atoms with Crippen LogP contribution in [0.15, 0.2) is 24.3 Å². The first-order valence-corrected chi connectivity index (χ1v) is 6.74. The first kappa shape index (κ1) is 13.9. The summed E-state index contributed by atoms with van der Waals surface area (Å²) in [5.41, 5.74) is 1.71. The maximum atomic E-state index is 11.6. The molecule has 4 nitrogen and oxygen atoms in total. The smallest absolute Gasteiger partial charge is 0.307 e. The van der Waals surface area contributed by atoms with E-state index in [4.69, 9.17) is 9.84 Å². The predicted octanol–water partition coefficient (Wildman–Crippen LogP) is 1.21. The van der Waals surface area contributed by atoms with Crippen LogP contribution in [0.5, 0.6) is 0 Å². The standard InChI is InChI=1S/C12H16O4S/c1-16-6-7-17(15)9-11-4-2-10(3-5-11)8-12(13)14/h2-5H,6-9H2,1H3,(H,13,14). The third-order valence-electron chi connectivity index (χ3n) is 2.22. The Morgan fingerprint density at radius 3 is 2.41 bits per heavy atom. The number of carboxylic acids is 1. The molecule has 1 rings (SSSR count). The molecule has 1 aromatic rings. The van der Waals surface area contributed by atoms with Gasteiger partial charge in [0, 0.05) is 29.4 Å². The molecular formula is C12H16O4S. The molecule has 0 heterocycles. The normalized spacial score (nSPS) is 12.3. The molecule has 0 aromatic heterocycles. The molecule has 0 radical (unpaired) electrons. The van der Waals surface area contributed by atoms with Gasteiger partial charge >= 0.3 is 5.97 Å². The van der Waals surface area contributed by atoms with Crippen molar-refractivity contribution in [3.63, 3.8) is 0 Å². The quantitative estimate of drug-likeness (QED) is 0.796. The summed E-state index contributed by atoms with van der Waals surface area (Å²) in [5, 5.41) is 8.62. The van der Waals surface area contributed by atoms with Crippen LogP contribution in [0, 0.1) is 0 Å². The second-order valence-corrected chi connectivity index (χ2v) is 5.24. The average Bonchev–Trinajstić information content (AvgIpc) is 2.28. The number of hydrogen-bond acceptors (Lipinski definition) is 3. The summed E-state index contributed by atoms with van der Waals surface area (Å²) in [6, 6.07) is 7.17. The molecule has 0 amide bonds. The lowest BCUT2D eigenvalue weighted by molar-refractivity contribution is -0.136. The van der Waals surface area contributed by atoms with E-state index in [-0.39, 0.29) is 6.42 Å². The van der Waals surface area contributed by atoms with Gasteiger partial charge in [0.15, 0.2) is 0 Å². The Morgan fingerprint density at radius 1 is 1.29 bits per heavy atom. The molecule has 0 aliphatic carbocycles. The van der Waals surface area contributed by atoms with Crippen molar-refractivity contribution in [3.8, 4) is 0 Å². The van der Waals surface area contributed by atoms with E-state index >= 15 is 0 Å². The fourth-order valence-electron chi connectivity index (χ4n) is 1.36. The molecule has 0 aliphatic rings. The summed E-state index contributed by atoms with van der Waals surface area (Å²) in [7, 11) is 0.652. The molecule has 5 heteroatoms. The van der Waals surface area contributed by atoms with Crippen molar-refractivity contribution in [1.82, 2.24) is 0 Å². The second kappa shape index (κ2) is 7.19. The van der Waals surface area contributed by atoms with Crippen molar-refractivity contribution in [2.45, 2.75) is 12.2 Å². The van der Waals surface area contributed by atoms with Gasteiger partial charge < -0.3 is 9.84 Å². The van der Waals surface area contributed by atoms with Gasteiger partial charge in [0.2, 0.25) is 0 Å². The molecule has 1 N–H and O–H groups in total. The van der Waals surface area contributed by atoms with Crippen molar-refractivity contribution < 1.29 is 18.8 Å². The van der Waals surface area contributed by atoms with Crippen LogP contribution in [0.2, 0.25) is 0 Å². The van der Waals surface area contributed by atoms with Crippen LogP contribution in [-0.2, 0) is 32.5 Å². The highest BCUT2D eigenvalue weighted by atomic mass is 32.2. The minimum absolute atomic E-state index is 0.0209. The highest BCUT2D eigenvalue weighted by molar-refractivity contribution is 7.84. The van der Waals surface area contributed by atoms with Crippen molar-refractivity contribution in [3.05, 3.63) is 35.4 Å². The zero-order valence-electron chi connectivity index (χ0n) is 9.72. The van der Waals surface area contributed by atoms with Crippen molar-refractivity contribution >= 4 is 16.8 Å². The number of carboxylic acid groups (broad SMARTS) is 1. The zero-order chi connectivity index (χ0) is 12.7. The number of carbonyl (C=O) groups is 1. The summed E-state index contributed by atoms with van der Waals surface area (Å²) in [6.07, 6.45) is 0.0209. The van der Waals surface area contributed by atoms with Crippen LogP contribution in [0.3, 0.4) is 0 Å². The van der Waals surface area contributed by atoms with Gasteiger partial charge in [-0.25, -0.2) is 0 Å². The van der Waals surface area contributed by atoms with Gasteiger partial charge in [-0.1, -0.05) is 24.3 Å². The van der Waals surface area contributed by atoms with E-state index in [2.05, 4.69) is 0 Å². The Kier molecular flexibility index (Phi) is 5.86. The third kappa shape index (κ3) is 5.60. The molecule has 1 atom stereocenters. The topological polar surface area (TPSA) is 63.6 Å². The Bertz CT molecular complexity index is 386. The predicted molar refractivity (Wildman–Crippen MR) is 66.4 cm³/mol. The van der Waals surface area contributed by atoms with Crippen LogP contribution in [0.25, 0.3) is 0 Å². The average molecular weight is 256 g/mol. The van der Waals surface area contributed by atoms with Crippen LogP contribution in [-0.4, -0.2) is 34.8 Å². The van der Waals surface area contributed by atoms with E-state index in [1.165, 1.54) is 0 Å². The van der Waals surface area contributed by atoms with E-state index < -0.39 is 16.8 Å². The lowest BCUT2D eigenvalue weighted by Crippen LogP contribution is -2.06. The van der Waals surface area contributed by atoms with Gasteiger partial charge in [-0.2, -0.15) is 0 Å². The summed E-state index contributed by atoms with van der Waals surface area (Å²) >= 11 is 0. The molecule has 0 bridgehead atoms. The van der Waals surface area contributed by atoms with Crippen molar-refractivity contribution in [1.29, 1.82) is 0 Å². The lowest BCUT2D eigenvalue weighted by atomic mass is 10.1. The summed E-state index contributed by atoms with van der Waals surface area (Å²) in [4.78, 5) is 10.5. The zero-order valence-corrected chi connectivity index (χ0v) is 10.5. The van der Waals surface area contributed by atoms with Gasteiger partial charge in [-0.15, -0.1) is 0 Å². The molecule has 0 saturated heterocycles. The largest absolute Gasteiger partial charge is 0.481 e. The van der Waals surface area contributed by atoms with Crippen LogP contribution < -0.4 is 0 Å². The highest BCUT2D eigenvalue weighted by Crippen LogP contribution is 2.07. The van der Waals surface area contributed by atoms with E-state index in [9.17, 15) is 9.00 Å². The number of methoxy groups -OCH3 is 1. The number of benzene rings is 1. The van der Waals surface area contributed by atoms with E-state index in [0.29, 0.717) is 18.1 Å². The minimum Gasteiger partial charge on any atom is -0.481 e. The maximum absolute atomic E-state index is 11.6. The summed E-state index contributed by atoms with van der Waals surface area (Å²) in [5.74, 6) is 0.158. The van der Waals surface area contributed by atoms with E-state index in [1.54, 1.807) is 19.2 Å². The molecule has 94 valence electrons. The molecule has 1 unspecified atom stereocenters. The van der Waals surface area contributed by atoms with Gasteiger partial charge in [-0.3, -0.25) is 9.00 Å². The van der Waals surface area contributed by atoms with Crippen LogP contribution >= 0.6 is 0 Å². The first-order valence-electron chi connectivity index (χ1n) is 5.25. The fraction of sp³-hybridized carbons (Fsp3) is 0.417. The number of aliphatic carboxylic acids is 1. The molecule has 0 spiro atoms. The maximum Gasteiger partial charge on any atom is 0.307 e. The SMILES string of the molecule is COCCS(=O)Cc1ccc(CC(=O)O)cc1. The van der Waals surface area contributed by atoms with Crippen molar-refractivity contribution in [2.75, 3.05) is 19.5 Å². The molecule has 0 aliphatic heterocycles. The summed E-state index contributed by atoms with van der Waals surface area (Å²) < 4.78 is 16.4. The van der Waals surface area contributed by atoms with Crippen molar-refractivity contribution in [2.24, 2.45) is 0 Å². The van der Waals surface area contributed by atoms with Gasteiger partial charge in [0.25, 0.3) is 0 Å². The molecular weight excluding hydrogens is 240 g/mol. The molecule has 1 aromatic carbocycles. The minimum atomic E-state index is -0.930. The highest BCUT2D eigenvalue weighted by Gasteiger charge is 2.03.